The van der Waals surface area contributed by atoms with Gasteiger partial charge in [-0.3, -0.25) is 0 Å². The quantitative estimate of drug-likeness (QED) is 0.757. The molecule has 1 saturated heterocycles. The average molecular weight is 256 g/mol. The van der Waals surface area contributed by atoms with Crippen molar-refractivity contribution in [1.82, 2.24) is 10.2 Å². The van der Waals surface area contributed by atoms with Crippen LogP contribution in [0.3, 0.4) is 0 Å². The number of hydrogen-bond acceptors (Lipinski definition) is 3. The molecule has 0 aliphatic carbocycles. The van der Waals surface area contributed by atoms with Gasteiger partial charge in [0.15, 0.2) is 0 Å². The van der Waals surface area contributed by atoms with Crippen molar-refractivity contribution in [2.75, 3.05) is 33.4 Å². The molecule has 0 spiro atoms. The summed E-state index contributed by atoms with van der Waals surface area (Å²) < 4.78 is 5.67. The summed E-state index contributed by atoms with van der Waals surface area (Å²) >= 11 is 0. The molecule has 0 aromatic rings. The van der Waals surface area contributed by atoms with E-state index in [9.17, 15) is 0 Å². The van der Waals surface area contributed by atoms with Gasteiger partial charge in [0, 0.05) is 30.7 Å². The van der Waals surface area contributed by atoms with Crippen molar-refractivity contribution in [2.24, 2.45) is 5.92 Å². The summed E-state index contributed by atoms with van der Waals surface area (Å²) in [5, 5.41) is 3.69. The molecule has 0 amide bonds. The zero-order chi connectivity index (χ0) is 13.6. The number of ether oxygens (including phenoxy) is 1. The highest BCUT2D eigenvalue weighted by Crippen LogP contribution is 2.22. The summed E-state index contributed by atoms with van der Waals surface area (Å²) in [6.45, 7) is 13.2. The maximum Gasteiger partial charge on any atom is 0.0521 e. The predicted octanol–water partition coefficient (Wildman–Crippen LogP) is 2.51. The molecule has 2 unspecified atom stereocenters. The maximum atomic E-state index is 5.67. The van der Waals surface area contributed by atoms with Crippen molar-refractivity contribution >= 4 is 0 Å². The van der Waals surface area contributed by atoms with Crippen LogP contribution in [0.4, 0.5) is 0 Å². The van der Waals surface area contributed by atoms with Gasteiger partial charge in [-0.25, -0.2) is 0 Å². The SMILES string of the molecule is CCCNC1CCOCC1CN(C)C(C)(C)CC. The molecular formula is C15H32N2O. The maximum absolute atomic E-state index is 5.67. The molecule has 0 aromatic heterocycles. The Hall–Kier alpha value is -0.120. The van der Waals surface area contributed by atoms with Crippen molar-refractivity contribution < 1.29 is 4.74 Å². The molecule has 108 valence electrons. The third-order valence-electron chi connectivity index (χ3n) is 4.54. The summed E-state index contributed by atoms with van der Waals surface area (Å²) in [5.41, 5.74) is 0.284. The Bertz CT molecular complexity index is 231. The van der Waals surface area contributed by atoms with Gasteiger partial charge in [0.05, 0.1) is 6.61 Å². The first kappa shape index (κ1) is 15.9. The van der Waals surface area contributed by atoms with Crippen LogP contribution < -0.4 is 5.32 Å². The Morgan fingerprint density at radius 3 is 2.67 bits per heavy atom. The minimum absolute atomic E-state index is 0.284. The fourth-order valence-electron chi connectivity index (χ4n) is 2.44. The Kier molecular flexibility index (Phi) is 6.61. The summed E-state index contributed by atoms with van der Waals surface area (Å²) in [5.74, 6) is 0.626. The van der Waals surface area contributed by atoms with Crippen molar-refractivity contribution in [3.63, 3.8) is 0 Å². The third kappa shape index (κ3) is 4.52. The first-order chi connectivity index (χ1) is 8.51. The fourth-order valence-corrected chi connectivity index (χ4v) is 2.44. The van der Waals surface area contributed by atoms with Crippen molar-refractivity contribution in [1.29, 1.82) is 0 Å². The van der Waals surface area contributed by atoms with Gasteiger partial charge in [-0.1, -0.05) is 13.8 Å². The van der Waals surface area contributed by atoms with Crippen LogP contribution in [0.15, 0.2) is 0 Å². The lowest BCUT2D eigenvalue weighted by molar-refractivity contribution is 0.00523. The Balaban J connectivity index is 2.50. The summed E-state index contributed by atoms with van der Waals surface area (Å²) in [7, 11) is 2.25. The third-order valence-corrected chi connectivity index (χ3v) is 4.54. The van der Waals surface area contributed by atoms with E-state index in [2.05, 4.69) is 45.0 Å². The second kappa shape index (κ2) is 7.46. The molecule has 0 bridgehead atoms. The lowest BCUT2D eigenvalue weighted by Crippen LogP contribution is -2.51. The predicted molar refractivity (Wildman–Crippen MR) is 78.0 cm³/mol. The molecule has 0 aromatic carbocycles. The number of nitrogens with zero attached hydrogens (tertiary/aromatic N) is 1. The molecule has 0 saturated carbocycles. The average Bonchev–Trinajstić information content (AvgIpc) is 2.37. The Morgan fingerprint density at radius 2 is 2.06 bits per heavy atom. The van der Waals surface area contributed by atoms with Gasteiger partial charge in [-0.05, 0) is 46.7 Å². The van der Waals surface area contributed by atoms with Crippen LogP contribution in [0, 0.1) is 5.92 Å². The number of hydrogen-bond donors (Lipinski definition) is 1. The molecule has 2 atom stereocenters. The molecule has 0 radical (unpaired) electrons. The molecular weight excluding hydrogens is 224 g/mol. The van der Waals surface area contributed by atoms with E-state index in [1.807, 2.05) is 0 Å². The van der Waals surface area contributed by atoms with Gasteiger partial charge in [0.2, 0.25) is 0 Å². The zero-order valence-corrected chi connectivity index (χ0v) is 13.0. The topological polar surface area (TPSA) is 24.5 Å². The van der Waals surface area contributed by atoms with E-state index in [1.54, 1.807) is 0 Å². The number of nitrogens with one attached hydrogen (secondary N) is 1. The molecule has 3 nitrogen and oxygen atoms in total. The standard InChI is InChI=1S/C15H32N2O/c1-6-9-16-14-8-10-18-12-13(14)11-17(5)15(3,4)7-2/h13-14,16H,6-12H2,1-5H3. The summed E-state index contributed by atoms with van der Waals surface area (Å²) in [6.07, 6.45) is 3.55. The van der Waals surface area contributed by atoms with Crippen LogP contribution in [0.25, 0.3) is 0 Å². The minimum atomic E-state index is 0.284. The van der Waals surface area contributed by atoms with Crippen molar-refractivity contribution in [3.05, 3.63) is 0 Å². The summed E-state index contributed by atoms with van der Waals surface area (Å²) in [4.78, 5) is 2.49. The van der Waals surface area contributed by atoms with Crippen molar-refractivity contribution in [2.45, 2.75) is 58.5 Å². The minimum Gasteiger partial charge on any atom is -0.381 e. The molecule has 3 heteroatoms. The second-order valence-electron chi connectivity index (χ2n) is 6.23. The van der Waals surface area contributed by atoms with E-state index in [0.717, 1.165) is 32.7 Å². The zero-order valence-electron chi connectivity index (χ0n) is 13.0. The first-order valence-corrected chi connectivity index (χ1v) is 7.53. The molecule has 1 fully saturated rings. The van der Waals surface area contributed by atoms with Crippen LogP contribution in [-0.4, -0.2) is 49.8 Å². The largest absolute Gasteiger partial charge is 0.381 e. The number of rotatable bonds is 7. The fraction of sp³-hybridized carbons (Fsp3) is 1.00. The highest BCUT2D eigenvalue weighted by molar-refractivity contribution is 4.85. The molecule has 1 N–H and O–H groups in total. The van der Waals surface area contributed by atoms with Crippen LogP contribution in [0.2, 0.25) is 0 Å². The van der Waals surface area contributed by atoms with Gasteiger partial charge in [-0.2, -0.15) is 0 Å². The lowest BCUT2D eigenvalue weighted by Gasteiger charge is -2.41. The van der Waals surface area contributed by atoms with Gasteiger partial charge >= 0.3 is 0 Å². The van der Waals surface area contributed by atoms with Crippen molar-refractivity contribution in [3.8, 4) is 0 Å². The van der Waals surface area contributed by atoms with Gasteiger partial charge < -0.3 is 15.0 Å². The highest BCUT2D eigenvalue weighted by Gasteiger charge is 2.30. The van der Waals surface area contributed by atoms with E-state index in [1.165, 1.54) is 12.8 Å². The van der Waals surface area contributed by atoms with Crippen LogP contribution >= 0.6 is 0 Å². The van der Waals surface area contributed by atoms with Crippen LogP contribution in [0.5, 0.6) is 0 Å². The molecule has 1 aliphatic rings. The van der Waals surface area contributed by atoms with Gasteiger partial charge in [0.25, 0.3) is 0 Å². The van der Waals surface area contributed by atoms with Gasteiger partial charge in [0.1, 0.15) is 0 Å². The monoisotopic (exact) mass is 256 g/mol. The molecule has 1 rings (SSSR count). The lowest BCUT2D eigenvalue weighted by atomic mass is 9.92. The smallest absolute Gasteiger partial charge is 0.0521 e. The van der Waals surface area contributed by atoms with E-state index >= 15 is 0 Å². The van der Waals surface area contributed by atoms with E-state index < -0.39 is 0 Å². The van der Waals surface area contributed by atoms with Gasteiger partial charge in [-0.15, -0.1) is 0 Å². The molecule has 18 heavy (non-hydrogen) atoms. The Morgan fingerprint density at radius 1 is 1.33 bits per heavy atom. The molecule has 1 aliphatic heterocycles. The summed E-state index contributed by atoms with van der Waals surface area (Å²) in [6, 6.07) is 0.633. The van der Waals surface area contributed by atoms with Crippen LogP contribution in [0.1, 0.15) is 47.0 Å². The van der Waals surface area contributed by atoms with E-state index in [4.69, 9.17) is 4.74 Å². The normalized spacial score (nSPS) is 25.7. The second-order valence-corrected chi connectivity index (χ2v) is 6.23. The highest BCUT2D eigenvalue weighted by atomic mass is 16.5. The molecule has 1 heterocycles. The van der Waals surface area contributed by atoms with E-state index in [-0.39, 0.29) is 5.54 Å². The van der Waals surface area contributed by atoms with Crippen LogP contribution in [-0.2, 0) is 4.74 Å². The first-order valence-electron chi connectivity index (χ1n) is 7.53. The van der Waals surface area contributed by atoms with E-state index in [0.29, 0.717) is 12.0 Å². The Labute approximate surface area is 113 Å².